The van der Waals surface area contributed by atoms with Crippen LogP contribution in [0.1, 0.15) is 17.8 Å². The van der Waals surface area contributed by atoms with Gasteiger partial charge < -0.3 is 9.73 Å². The third-order valence-electron chi connectivity index (χ3n) is 3.90. The van der Waals surface area contributed by atoms with Crippen LogP contribution in [-0.2, 0) is 5.75 Å². The Hall–Kier alpha value is -3.25. The first-order valence-electron chi connectivity index (χ1n) is 9.10. The summed E-state index contributed by atoms with van der Waals surface area (Å²) in [4.78, 5) is 30.8. The van der Waals surface area contributed by atoms with E-state index in [1.807, 2.05) is 0 Å². The molecule has 3 aromatic rings. The van der Waals surface area contributed by atoms with E-state index in [-0.39, 0.29) is 17.6 Å². The quantitative estimate of drug-likeness (QED) is 0.159. The van der Waals surface area contributed by atoms with Gasteiger partial charge in [0.05, 0.1) is 4.92 Å². The lowest BCUT2D eigenvalue weighted by Crippen LogP contribution is -2.30. The number of carbonyl (C=O) groups excluding carboxylic acids is 1. The number of nitro groups is 1. The monoisotopic (exact) mass is 463 g/mol. The molecule has 3 rings (SSSR count). The second-order valence-corrected chi connectivity index (χ2v) is 7.48. The molecule has 2 amide bonds. The van der Waals surface area contributed by atoms with Gasteiger partial charge in [0.1, 0.15) is 11.6 Å². The van der Waals surface area contributed by atoms with Crippen molar-refractivity contribution in [3.05, 3.63) is 52.0 Å². The Bertz CT molecular complexity index is 1060. The van der Waals surface area contributed by atoms with E-state index in [9.17, 15) is 14.9 Å². The number of aromatic nitrogens is 4. The van der Waals surface area contributed by atoms with Crippen molar-refractivity contribution in [2.24, 2.45) is 0 Å². The summed E-state index contributed by atoms with van der Waals surface area (Å²) in [6, 6.07) is 5.43. The molecule has 0 aliphatic carbocycles. The largest absolute Gasteiger partial charge is 0.411 e. The standard InChI is InChI=1S/C18H18ClN7O4S/c1-11-21-9-13(15(22-11)23-17(27)20-8-2-7-19)10-31-18-25-24-16(30-18)12-3-5-14(6-4-12)26(28)29/h3-6,9H,2,7-8,10H2,1H3,(H2,20,21,22,23,27). The molecular formula is C18H18ClN7O4S. The van der Waals surface area contributed by atoms with Crippen LogP contribution in [0.5, 0.6) is 0 Å². The molecule has 0 saturated carbocycles. The summed E-state index contributed by atoms with van der Waals surface area (Å²) in [6.45, 7) is 2.18. The number of rotatable bonds is 9. The first-order chi connectivity index (χ1) is 15.0. The molecule has 1 aromatic carbocycles. The van der Waals surface area contributed by atoms with Crippen molar-refractivity contribution < 1.29 is 14.1 Å². The fourth-order valence-corrected chi connectivity index (χ4v) is 3.24. The third-order valence-corrected chi connectivity index (χ3v) is 5.03. The lowest BCUT2D eigenvalue weighted by Gasteiger charge is -2.10. The molecule has 0 spiro atoms. The van der Waals surface area contributed by atoms with Gasteiger partial charge in [0.25, 0.3) is 10.9 Å². The molecular weight excluding hydrogens is 446 g/mol. The van der Waals surface area contributed by atoms with Crippen molar-refractivity contribution in [3.63, 3.8) is 0 Å². The topological polar surface area (TPSA) is 149 Å². The van der Waals surface area contributed by atoms with Gasteiger partial charge in [-0.3, -0.25) is 15.4 Å². The van der Waals surface area contributed by atoms with Crippen molar-refractivity contribution in [2.45, 2.75) is 24.3 Å². The van der Waals surface area contributed by atoms with Gasteiger partial charge in [0.15, 0.2) is 0 Å². The fourth-order valence-electron chi connectivity index (χ4n) is 2.38. The minimum absolute atomic E-state index is 0.0241. The smallest absolute Gasteiger partial charge is 0.320 e. The molecule has 13 heteroatoms. The van der Waals surface area contributed by atoms with Crippen LogP contribution in [-0.4, -0.2) is 43.5 Å². The molecule has 0 atom stereocenters. The Morgan fingerprint density at radius 1 is 1.29 bits per heavy atom. The maximum absolute atomic E-state index is 12.0. The number of urea groups is 1. The van der Waals surface area contributed by atoms with Gasteiger partial charge >= 0.3 is 6.03 Å². The first kappa shape index (κ1) is 22.4. The summed E-state index contributed by atoms with van der Waals surface area (Å²) in [6.07, 6.45) is 2.28. The zero-order valence-corrected chi connectivity index (χ0v) is 17.9. The summed E-state index contributed by atoms with van der Waals surface area (Å²) in [7, 11) is 0. The molecule has 0 aliphatic rings. The predicted molar refractivity (Wildman–Crippen MR) is 115 cm³/mol. The SMILES string of the molecule is Cc1ncc(CSc2nnc(-c3ccc([N+](=O)[O-])cc3)o2)c(NC(=O)NCCCCl)n1. The molecule has 0 fully saturated rings. The van der Waals surface area contributed by atoms with Crippen molar-refractivity contribution >= 4 is 40.9 Å². The molecule has 2 N–H and O–H groups in total. The highest BCUT2D eigenvalue weighted by Crippen LogP contribution is 2.28. The Morgan fingerprint density at radius 3 is 2.77 bits per heavy atom. The van der Waals surface area contributed by atoms with Crippen LogP contribution in [0, 0.1) is 17.0 Å². The Kier molecular flexibility index (Phi) is 7.73. The van der Waals surface area contributed by atoms with Crippen LogP contribution in [0.25, 0.3) is 11.5 Å². The molecule has 2 heterocycles. The lowest BCUT2D eigenvalue weighted by molar-refractivity contribution is -0.384. The number of nitrogens with one attached hydrogen (secondary N) is 2. The van der Waals surface area contributed by atoms with Gasteiger partial charge in [-0.15, -0.1) is 21.8 Å². The third kappa shape index (κ3) is 6.36. The number of nitro benzene ring substituents is 1. The predicted octanol–water partition coefficient (Wildman–Crippen LogP) is 3.79. The summed E-state index contributed by atoms with van der Waals surface area (Å²) < 4.78 is 5.62. The van der Waals surface area contributed by atoms with E-state index in [1.54, 1.807) is 25.3 Å². The van der Waals surface area contributed by atoms with E-state index in [0.717, 1.165) is 0 Å². The van der Waals surface area contributed by atoms with Crippen molar-refractivity contribution in [1.29, 1.82) is 0 Å². The fraction of sp³-hybridized carbons (Fsp3) is 0.278. The van der Waals surface area contributed by atoms with Gasteiger partial charge in [-0.2, -0.15) is 0 Å². The normalized spacial score (nSPS) is 10.6. The number of amides is 2. The first-order valence-corrected chi connectivity index (χ1v) is 10.6. The summed E-state index contributed by atoms with van der Waals surface area (Å²) in [5.74, 6) is 1.98. The van der Waals surface area contributed by atoms with E-state index in [0.29, 0.717) is 52.6 Å². The van der Waals surface area contributed by atoms with Crippen LogP contribution < -0.4 is 10.6 Å². The maximum Gasteiger partial charge on any atom is 0.320 e. The van der Waals surface area contributed by atoms with Crippen LogP contribution in [0.2, 0.25) is 0 Å². The number of benzene rings is 1. The average Bonchev–Trinajstić information content (AvgIpc) is 3.22. The summed E-state index contributed by atoms with van der Waals surface area (Å²) in [5, 5.41) is 24.4. The molecule has 0 saturated heterocycles. The number of hydrogen-bond acceptors (Lipinski definition) is 9. The lowest BCUT2D eigenvalue weighted by atomic mass is 10.2. The van der Waals surface area contributed by atoms with Crippen LogP contribution >= 0.6 is 23.4 Å². The number of halogens is 1. The van der Waals surface area contributed by atoms with E-state index >= 15 is 0 Å². The van der Waals surface area contributed by atoms with Crippen LogP contribution in [0.3, 0.4) is 0 Å². The molecule has 0 bridgehead atoms. The van der Waals surface area contributed by atoms with E-state index in [4.69, 9.17) is 16.0 Å². The number of aryl methyl sites for hydroxylation is 1. The van der Waals surface area contributed by atoms with Gasteiger partial charge in [-0.25, -0.2) is 14.8 Å². The molecule has 31 heavy (non-hydrogen) atoms. The second kappa shape index (κ2) is 10.7. The molecule has 11 nitrogen and oxygen atoms in total. The molecule has 2 aromatic heterocycles. The Balaban J connectivity index is 1.65. The second-order valence-electron chi connectivity index (χ2n) is 6.18. The van der Waals surface area contributed by atoms with E-state index in [2.05, 4.69) is 30.8 Å². The number of non-ortho nitro benzene ring substituents is 1. The highest BCUT2D eigenvalue weighted by Gasteiger charge is 2.14. The van der Waals surface area contributed by atoms with Gasteiger partial charge in [-0.1, -0.05) is 11.8 Å². The molecule has 0 aliphatic heterocycles. The summed E-state index contributed by atoms with van der Waals surface area (Å²) in [5.41, 5.74) is 1.22. The van der Waals surface area contributed by atoms with Gasteiger partial charge in [0, 0.05) is 47.6 Å². The number of anilines is 1. The Labute approximate surface area is 186 Å². The van der Waals surface area contributed by atoms with Crippen molar-refractivity contribution in [2.75, 3.05) is 17.7 Å². The van der Waals surface area contributed by atoms with E-state index < -0.39 is 4.92 Å². The highest BCUT2D eigenvalue weighted by molar-refractivity contribution is 7.98. The average molecular weight is 464 g/mol. The number of carbonyl (C=O) groups is 1. The van der Waals surface area contributed by atoms with Gasteiger partial charge in [0.2, 0.25) is 5.89 Å². The number of alkyl halides is 1. The zero-order chi connectivity index (χ0) is 22.2. The highest BCUT2D eigenvalue weighted by atomic mass is 35.5. The number of hydrogen-bond donors (Lipinski definition) is 2. The zero-order valence-electron chi connectivity index (χ0n) is 16.4. The number of thioether (sulfide) groups is 1. The van der Waals surface area contributed by atoms with Crippen LogP contribution in [0.4, 0.5) is 16.3 Å². The van der Waals surface area contributed by atoms with Gasteiger partial charge in [-0.05, 0) is 25.5 Å². The molecule has 0 radical (unpaired) electrons. The minimum Gasteiger partial charge on any atom is -0.411 e. The van der Waals surface area contributed by atoms with Crippen molar-refractivity contribution in [3.8, 4) is 11.5 Å². The minimum atomic E-state index is -0.480. The van der Waals surface area contributed by atoms with Crippen LogP contribution in [0.15, 0.2) is 40.1 Å². The number of nitrogens with zero attached hydrogens (tertiary/aromatic N) is 5. The Morgan fingerprint density at radius 2 is 2.06 bits per heavy atom. The molecule has 162 valence electrons. The van der Waals surface area contributed by atoms with Crippen molar-refractivity contribution in [1.82, 2.24) is 25.5 Å². The molecule has 0 unspecified atom stereocenters. The summed E-state index contributed by atoms with van der Waals surface area (Å²) >= 11 is 6.86. The van der Waals surface area contributed by atoms with E-state index in [1.165, 1.54) is 23.9 Å². The maximum atomic E-state index is 12.0.